The molecule has 18 heavy (non-hydrogen) atoms. The zero-order valence-electron chi connectivity index (χ0n) is 10.4. The van der Waals surface area contributed by atoms with Gasteiger partial charge in [0.25, 0.3) is 0 Å². The molecule has 0 amide bonds. The van der Waals surface area contributed by atoms with Crippen LogP contribution in [0, 0.1) is 17.8 Å². The summed E-state index contributed by atoms with van der Waals surface area (Å²) in [5.74, 6) is 2.99. The number of carbonyl (C=O) groups excluding carboxylic acids is 1. The van der Waals surface area contributed by atoms with E-state index in [4.69, 9.17) is 6.42 Å². The summed E-state index contributed by atoms with van der Waals surface area (Å²) in [5, 5.41) is 0. The Morgan fingerprint density at radius 2 is 2.11 bits per heavy atom. The second-order valence-electron chi connectivity index (χ2n) is 5.02. The van der Waals surface area contributed by atoms with E-state index in [0.29, 0.717) is 0 Å². The molecule has 0 spiro atoms. The van der Waals surface area contributed by atoms with Gasteiger partial charge < -0.3 is 0 Å². The molecule has 0 aliphatic heterocycles. The standard InChI is InChI=1S/C17H14O/c1-3-17-9-8-13-6-4-5-7-14(13)15(17)10-16(18)12(2)11-17/h1,4-7,10-11H,8-9H2,2H3. The predicted molar refractivity (Wildman–Crippen MR) is 72.8 cm³/mol. The highest BCUT2D eigenvalue weighted by Crippen LogP contribution is 2.48. The first-order valence-electron chi connectivity index (χ1n) is 6.18. The van der Waals surface area contributed by atoms with Gasteiger partial charge in [0.2, 0.25) is 0 Å². The maximum Gasteiger partial charge on any atom is 0.181 e. The Balaban J connectivity index is 2.26. The summed E-state index contributed by atoms with van der Waals surface area (Å²) < 4.78 is 0. The summed E-state index contributed by atoms with van der Waals surface area (Å²) in [6, 6.07) is 8.22. The fraction of sp³-hybridized carbons (Fsp3) is 0.235. The Kier molecular flexibility index (Phi) is 2.28. The normalized spacial score (nSPS) is 25.4. The first-order chi connectivity index (χ1) is 8.66. The summed E-state index contributed by atoms with van der Waals surface area (Å²) in [5.41, 5.74) is 3.81. The molecule has 88 valence electrons. The topological polar surface area (TPSA) is 17.1 Å². The number of fused-ring (bicyclic) bond motifs is 3. The second-order valence-corrected chi connectivity index (χ2v) is 5.02. The van der Waals surface area contributed by atoms with E-state index in [1.807, 2.05) is 25.1 Å². The van der Waals surface area contributed by atoms with E-state index in [9.17, 15) is 4.79 Å². The maximum atomic E-state index is 11.9. The molecule has 0 saturated carbocycles. The molecular formula is C17H14O. The van der Waals surface area contributed by atoms with Crippen molar-refractivity contribution in [2.24, 2.45) is 5.41 Å². The average molecular weight is 234 g/mol. The molecule has 0 fully saturated rings. The Labute approximate surface area is 107 Å². The molecule has 0 radical (unpaired) electrons. The molecular weight excluding hydrogens is 220 g/mol. The largest absolute Gasteiger partial charge is 0.290 e. The summed E-state index contributed by atoms with van der Waals surface area (Å²) in [6.45, 7) is 1.84. The van der Waals surface area contributed by atoms with Crippen LogP contribution in [-0.2, 0) is 11.2 Å². The number of hydrogen-bond donors (Lipinski definition) is 0. The fourth-order valence-electron chi connectivity index (χ4n) is 2.94. The van der Waals surface area contributed by atoms with E-state index in [2.05, 4.69) is 18.1 Å². The molecule has 1 aromatic carbocycles. The Morgan fingerprint density at radius 1 is 1.33 bits per heavy atom. The minimum atomic E-state index is -0.383. The first-order valence-corrected chi connectivity index (χ1v) is 6.18. The van der Waals surface area contributed by atoms with Crippen molar-refractivity contribution in [1.29, 1.82) is 0 Å². The Morgan fingerprint density at radius 3 is 2.89 bits per heavy atom. The molecule has 3 rings (SSSR count). The second kappa shape index (κ2) is 3.71. The highest BCUT2D eigenvalue weighted by Gasteiger charge is 2.38. The van der Waals surface area contributed by atoms with Crippen molar-refractivity contribution in [3.05, 3.63) is 53.1 Å². The average Bonchev–Trinajstić information content (AvgIpc) is 2.40. The van der Waals surface area contributed by atoms with Crippen LogP contribution in [0.5, 0.6) is 0 Å². The van der Waals surface area contributed by atoms with Crippen LogP contribution in [0.25, 0.3) is 5.57 Å². The lowest BCUT2D eigenvalue weighted by atomic mass is 9.65. The summed E-state index contributed by atoms with van der Waals surface area (Å²) >= 11 is 0. The molecule has 0 aromatic heterocycles. The number of aryl methyl sites for hydroxylation is 1. The van der Waals surface area contributed by atoms with Gasteiger partial charge in [-0.2, -0.15) is 0 Å². The van der Waals surface area contributed by atoms with Gasteiger partial charge >= 0.3 is 0 Å². The molecule has 1 unspecified atom stereocenters. The van der Waals surface area contributed by atoms with Crippen molar-refractivity contribution in [3.8, 4) is 12.3 Å². The molecule has 1 heteroatoms. The van der Waals surface area contributed by atoms with Crippen LogP contribution in [-0.4, -0.2) is 5.78 Å². The van der Waals surface area contributed by atoms with Crippen LogP contribution < -0.4 is 0 Å². The molecule has 1 nitrogen and oxygen atoms in total. The zero-order valence-corrected chi connectivity index (χ0v) is 10.4. The van der Waals surface area contributed by atoms with Crippen molar-refractivity contribution in [2.75, 3.05) is 0 Å². The lowest BCUT2D eigenvalue weighted by Crippen LogP contribution is -2.28. The van der Waals surface area contributed by atoms with Gasteiger partial charge in [-0.3, -0.25) is 4.79 Å². The molecule has 2 aliphatic carbocycles. The third-order valence-electron chi connectivity index (χ3n) is 3.96. The van der Waals surface area contributed by atoms with Gasteiger partial charge in [-0.1, -0.05) is 36.3 Å². The molecule has 1 aromatic rings. The minimum absolute atomic E-state index is 0.0765. The monoisotopic (exact) mass is 234 g/mol. The summed E-state index contributed by atoms with van der Waals surface area (Å²) in [7, 11) is 0. The number of hydrogen-bond acceptors (Lipinski definition) is 1. The maximum absolute atomic E-state index is 11.9. The molecule has 0 bridgehead atoms. The summed E-state index contributed by atoms with van der Waals surface area (Å²) in [6.07, 6.45) is 11.3. The van der Waals surface area contributed by atoms with E-state index in [1.165, 1.54) is 5.56 Å². The third kappa shape index (κ3) is 1.39. The van der Waals surface area contributed by atoms with Crippen LogP contribution in [0.3, 0.4) is 0 Å². The fourth-order valence-corrected chi connectivity index (χ4v) is 2.94. The molecule has 0 saturated heterocycles. The van der Waals surface area contributed by atoms with Gasteiger partial charge in [-0.15, -0.1) is 6.42 Å². The Hall–Kier alpha value is -2.07. The van der Waals surface area contributed by atoms with E-state index >= 15 is 0 Å². The van der Waals surface area contributed by atoms with Crippen LogP contribution in [0.4, 0.5) is 0 Å². The van der Waals surface area contributed by atoms with Gasteiger partial charge in [0.15, 0.2) is 5.78 Å². The van der Waals surface area contributed by atoms with Gasteiger partial charge in [0, 0.05) is 0 Å². The number of rotatable bonds is 0. The highest BCUT2D eigenvalue weighted by atomic mass is 16.1. The number of benzene rings is 1. The molecule has 0 heterocycles. The first kappa shape index (κ1) is 11.0. The van der Waals surface area contributed by atoms with Crippen LogP contribution >= 0.6 is 0 Å². The van der Waals surface area contributed by atoms with E-state index in [1.54, 1.807) is 6.08 Å². The smallest absolute Gasteiger partial charge is 0.181 e. The van der Waals surface area contributed by atoms with Gasteiger partial charge in [-0.25, -0.2) is 0 Å². The van der Waals surface area contributed by atoms with Crippen LogP contribution in [0.15, 0.2) is 42.0 Å². The number of ketones is 1. The van der Waals surface area contributed by atoms with E-state index in [-0.39, 0.29) is 11.2 Å². The number of terminal acetylenes is 1. The minimum Gasteiger partial charge on any atom is -0.290 e. The van der Waals surface area contributed by atoms with Gasteiger partial charge in [-0.05, 0) is 48.1 Å². The van der Waals surface area contributed by atoms with Gasteiger partial charge in [0.1, 0.15) is 0 Å². The van der Waals surface area contributed by atoms with Crippen molar-refractivity contribution < 1.29 is 4.79 Å². The Bertz CT molecular complexity index is 640. The molecule has 1 atom stereocenters. The number of allylic oxidation sites excluding steroid dienone is 4. The lowest BCUT2D eigenvalue weighted by Gasteiger charge is -2.36. The SMILES string of the molecule is C#CC12C=C(C)C(=O)C=C1c1ccccc1CC2. The van der Waals surface area contributed by atoms with Crippen molar-refractivity contribution in [1.82, 2.24) is 0 Å². The third-order valence-corrected chi connectivity index (χ3v) is 3.96. The highest BCUT2D eigenvalue weighted by molar-refractivity contribution is 6.11. The van der Waals surface area contributed by atoms with E-state index in [0.717, 1.165) is 29.6 Å². The zero-order chi connectivity index (χ0) is 12.8. The van der Waals surface area contributed by atoms with Gasteiger partial charge in [0.05, 0.1) is 5.41 Å². The van der Waals surface area contributed by atoms with Crippen molar-refractivity contribution >= 4 is 11.4 Å². The van der Waals surface area contributed by atoms with Crippen LogP contribution in [0.2, 0.25) is 0 Å². The van der Waals surface area contributed by atoms with Crippen molar-refractivity contribution in [2.45, 2.75) is 19.8 Å². The molecule has 2 aliphatic rings. The molecule has 0 N–H and O–H groups in total. The van der Waals surface area contributed by atoms with E-state index < -0.39 is 0 Å². The number of carbonyl (C=O) groups is 1. The van der Waals surface area contributed by atoms with Crippen molar-refractivity contribution in [3.63, 3.8) is 0 Å². The quantitative estimate of drug-likeness (QED) is 0.630. The summed E-state index contributed by atoms with van der Waals surface area (Å²) in [4.78, 5) is 11.9. The lowest BCUT2D eigenvalue weighted by molar-refractivity contribution is -0.111. The predicted octanol–water partition coefficient (Wildman–Crippen LogP) is 3.16. The van der Waals surface area contributed by atoms with Crippen LogP contribution in [0.1, 0.15) is 24.5 Å².